The highest BCUT2D eigenvalue weighted by Gasteiger charge is 2.48. The second-order valence-corrected chi connectivity index (χ2v) is 5.71. The molecular weight excluding hydrogens is 251 g/mol. The summed E-state index contributed by atoms with van der Waals surface area (Å²) in [6.07, 6.45) is 0.799. The van der Waals surface area contributed by atoms with E-state index in [1.54, 1.807) is 26.8 Å². The smallest absolute Gasteiger partial charge is 0.410 e. The number of amides is 1. The van der Waals surface area contributed by atoms with E-state index in [9.17, 15) is 14.3 Å². The van der Waals surface area contributed by atoms with Crippen molar-refractivity contribution in [2.24, 2.45) is 0 Å². The zero-order chi connectivity index (χ0) is 14.3. The Morgan fingerprint density at radius 2 is 2.16 bits per heavy atom. The van der Waals surface area contributed by atoms with Crippen LogP contribution in [-0.4, -0.2) is 39.8 Å². The van der Waals surface area contributed by atoms with E-state index >= 15 is 0 Å². The summed E-state index contributed by atoms with van der Waals surface area (Å²) in [5, 5.41) is 10.3. The number of pyridine rings is 1. The summed E-state index contributed by atoms with van der Waals surface area (Å²) in [6, 6.07) is 3.02. The van der Waals surface area contributed by atoms with Gasteiger partial charge in [0.25, 0.3) is 0 Å². The van der Waals surface area contributed by atoms with Crippen LogP contribution in [0.15, 0.2) is 18.3 Å². The van der Waals surface area contributed by atoms with Gasteiger partial charge in [0.1, 0.15) is 11.2 Å². The molecule has 2 heterocycles. The fraction of sp³-hybridized carbons (Fsp3) is 0.538. The van der Waals surface area contributed by atoms with Crippen LogP contribution in [0.3, 0.4) is 0 Å². The van der Waals surface area contributed by atoms with Crippen LogP contribution in [0.25, 0.3) is 0 Å². The molecule has 5 nitrogen and oxygen atoms in total. The highest BCUT2D eigenvalue weighted by atomic mass is 19.1. The van der Waals surface area contributed by atoms with Gasteiger partial charge in [-0.25, -0.2) is 9.78 Å². The molecule has 1 aromatic heterocycles. The highest BCUT2D eigenvalue weighted by molar-refractivity contribution is 5.70. The third-order valence-electron chi connectivity index (χ3n) is 2.82. The second-order valence-electron chi connectivity index (χ2n) is 5.71. The van der Waals surface area contributed by atoms with Gasteiger partial charge in [0, 0.05) is 11.8 Å². The van der Waals surface area contributed by atoms with Gasteiger partial charge < -0.3 is 14.7 Å². The molecule has 0 atom stereocenters. The number of carbonyl (C=O) groups is 1. The van der Waals surface area contributed by atoms with Crippen molar-refractivity contribution in [2.75, 3.05) is 13.1 Å². The predicted molar refractivity (Wildman–Crippen MR) is 65.9 cm³/mol. The molecule has 1 N–H and O–H groups in total. The fourth-order valence-corrected chi connectivity index (χ4v) is 1.94. The van der Waals surface area contributed by atoms with Crippen molar-refractivity contribution in [3.05, 3.63) is 29.8 Å². The summed E-state index contributed by atoms with van der Waals surface area (Å²) in [6.45, 7) is 5.29. The summed E-state index contributed by atoms with van der Waals surface area (Å²) in [4.78, 5) is 16.6. The van der Waals surface area contributed by atoms with E-state index in [1.165, 1.54) is 17.2 Å². The Morgan fingerprint density at radius 1 is 1.53 bits per heavy atom. The van der Waals surface area contributed by atoms with Crippen LogP contribution in [0.1, 0.15) is 26.3 Å². The number of carbonyl (C=O) groups excluding carboxylic acids is 1. The lowest BCUT2D eigenvalue weighted by Gasteiger charge is -2.46. The van der Waals surface area contributed by atoms with Gasteiger partial charge in [-0.3, -0.25) is 0 Å². The standard InChI is InChI=1S/C13H17FN2O3/c1-12(2,3)19-11(17)16-7-13(18,8-16)9-5-4-6-15-10(9)14/h4-6,18H,7-8H2,1-3H3. The first-order chi connectivity index (χ1) is 8.71. The first-order valence-corrected chi connectivity index (χ1v) is 6.03. The zero-order valence-corrected chi connectivity index (χ0v) is 11.2. The first kappa shape index (κ1) is 13.7. The first-order valence-electron chi connectivity index (χ1n) is 6.03. The van der Waals surface area contributed by atoms with Crippen molar-refractivity contribution in [1.29, 1.82) is 0 Å². The number of halogens is 1. The van der Waals surface area contributed by atoms with Crippen LogP contribution in [0.2, 0.25) is 0 Å². The quantitative estimate of drug-likeness (QED) is 0.787. The minimum atomic E-state index is -1.38. The molecule has 19 heavy (non-hydrogen) atoms. The van der Waals surface area contributed by atoms with Crippen molar-refractivity contribution >= 4 is 6.09 Å². The van der Waals surface area contributed by atoms with Gasteiger partial charge in [-0.2, -0.15) is 4.39 Å². The van der Waals surface area contributed by atoms with Crippen molar-refractivity contribution in [1.82, 2.24) is 9.88 Å². The van der Waals surface area contributed by atoms with Gasteiger partial charge in [0.05, 0.1) is 13.1 Å². The molecule has 0 aliphatic carbocycles. The van der Waals surface area contributed by atoms with Gasteiger partial charge in [0.2, 0.25) is 5.95 Å². The maximum absolute atomic E-state index is 13.5. The van der Waals surface area contributed by atoms with Crippen molar-refractivity contribution in [3.8, 4) is 0 Å². The van der Waals surface area contributed by atoms with E-state index in [0.29, 0.717) is 0 Å². The maximum Gasteiger partial charge on any atom is 0.410 e. The Kier molecular flexibility index (Phi) is 3.22. The topological polar surface area (TPSA) is 62.7 Å². The molecule has 1 aliphatic rings. The van der Waals surface area contributed by atoms with Crippen molar-refractivity contribution in [3.63, 3.8) is 0 Å². The number of aromatic nitrogens is 1. The molecule has 2 rings (SSSR count). The Balaban J connectivity index is 2.02. The number of likely N-dealkylation sites (tertiary alicyclic amines) is 1. The number of aliphatic hydroxyl groups is 1. The van der Waals surface area contributed by atoms with E-state index < -0.39 is 23.2 Å². The minimum Gasteiger partial charge on any atom is -0.444 e. The molecule has 0 aromatic carbocycles. The van der Waals surface area contributed by atoms with Gasteiger partial charge in [-0.1, -0.05) is 0 Å². The van der Waals surface area contributed by atoms with E-state index in [0.717, 1.165) is 0 Å². The molecular formula is C13H17FN2O3. The number of rotatable bonds is 1. The van der Waals surface area contributed by atoms with Gasteiger partial charge >= 0.3 is 6.09 Å². The molecule has 104 valence electrons. The summed E-state index contributed by atoms with van der Waals surface area (Å²) >= 11 is 0. The molecule has 1 aliphatic heterocycles. The SMILES string of the molecule is CC(C)(C)OC(=O)N1CC(O)(c2cccnc2F)C1. The normalized spacial score (nSPS) is 17.8. The average Bonchev–Trinajstić information content (AvgIpc) is 2.23. The Bertz CT molecular complexity index is 493. The second kappa shape index (κ2) is 4.45. The molecule has 0 spiro atoms. The van der Waals surface area contributed by atoms with Crippen LogP contribution < -0.4 is 0 Å². The lowest BCUT2D eigenvalue weighted by atomic mass is 9.87. The Labute approximate surface area is 111 Å². The zero-order valence-electron chi connectivity index (χ0n) is 11.2. The minimum absolute atomic E-state index is 0.00449. The molecule has 1 fully saturated rings. The number of nitrogens with zero attached hydrogens (tertiary/aromatic N) is 2. The van der Waals surface area contributed by atoms with Crippen LogP contribution >= 0.6 is 0 Å². The Hall–Kier alpha value is -1.69. The summed E-state index contributed by atoms with van der Waals surface area (Å²) < 4.78 is 18.7. The summed E-state index contributed by atoms with van der Waals surface area (Å²) in [5.41, 5.74) is -1.87. The fourth-order valence-electron chi connectivity index (χ4n) is 1.94. The molecule has 6 heteroatoms. The molecule has 0 saturated carbocycles. The third-order valence-corrected chi connectivity index (χ3v) is 2.82. The van der Waals surface area contributed by atoms with Gasteiger partial charge in [-0.05, 0) is 32.9 Å². The summed E-state index contributed by atoms with van der Waals surface area (Å²) in [7, 11) is 0. The monoisotopic (exact) mass is 268 g/mol. The van der Waals surface area contributed by atoms with Crippen LogP contribution in [-0.2, 0) is 10.3 Å². The highest BCUT2D eigenvalue weighted by Crippen LogP contribution is 2.33. The number of β-amino-alcohol motifs (C(OH)–C–C–N with tert-alkyl or cyclic N) is 1. The van der Waals surface area contributed by atoms with Crippen LogP contribution in [0.5, 0.6) is 0 Å². The molecule has 0 radical (unpaired) electrons. The van der Waals surface area contributed by atoms with Crippen LogP contribution in [0.4, 0.5) is 9.18 Å². The van der Waals surface area contributed by atoms with E-state index in [2.05, 4.69) is 4.98 Å². The summed E-state index contributed by atoms with van der Waals surface area (Å²) in [5.74, 6) is -0.714. The average molecular weight is 268 g/mol. The van der Waals surface area contributed by atoms with E-state index in [-0.39, 0.29) is 18.7 Å². The predicted octanol–water partition coefficient (Wildman–Crippen LogP) is 1.66. The molecule has 0 unspecified atom stereocenters. The molecule has 1 saturated heterocycles. The number of ether oxygens (including phenoxy) is 1. The third kappa shape index (κ3) is 2.84. The largest absolute Gasteiger partial charge is 0.444 e. The maximum atomic E-state index is 13.5. The molecule has 1 aromatic rings. The lowest BCUT2D eigenvalue weighted by Crippen LogP contribution is -2.62. The van der Waals surface area contributed by atoms with Crippen LogP contribution in [0, 0.1) is 5.95 Å². The molecule has 1 amide bonds. The molecule has 0 bridgehead atoms. The van der Waals surface area contributed by atoms with Crippen molar-refractivity contribution < 1.29 is 19.0 Å². The van der Waals surface area contributed by atoms with Gasteiger partial charge in [0.15, 0.2) is 0 Å². The van der Waals surface area contributed by atoms with Gasteiger partial charge in [-0.15, -0.1) is 0 Å². The lowest BCUT2D eigenvalue weighted by molar-refractivity contribution is -0.105. The van der Waals surface area contributed by atoms with E-state index in [1.807, 2.05) is 0 Å². The van der Waals surface area contributed by atoms with Crippen molar-refractivity contribution in [2.45, 2.75) is 32.0 Å². The number of hydrogen-bond acceptors (Lipinski definition) is 4. The number of hydrogen-bond donors (Lipinski definition) is 1. The Morgan fingerprint density at radius 3 is 2.68 bits per heavy atom. The van der Waals surface area contributed by atoms with E-state index in [4.69, 9.17) is 4.74 Å².